The maximum atomic E-state index is 10.8. The molecule has 0 aliphatic carbocycles. The van der Waals surface area contributed by atoms with E-state index < -0.39 is 26.5 Å². The molecule has 0 fully saturated rings. The quantitative estimate of drug-likeness (QED) is 0.0937. The fourth-order valence-electron chi connectivity index (χ4n) is 3.53. The Morgan fingerprint density at radius 1 is 0.931 bits per heavy atom. The van der Waals surface area contributed by atoms with Crippen LogP contribution >= 0.6 is 0 Å². The summed E-state index contributed by atoms with van der Waals surface area (Å²) in [5.41, 5.74) is 3.82. The predicted molar refractivity (Wildman–Crippen MR) is 135 cm³/mol. The van der Waals surface area contributed by atoms with Crippen LogP contribution in [0.15, 0.2) is 0 Å². The molecule has 0 N–H and O–H groups in total. The topological polar surface area (TPSA) is 26.3 Å². The monoisotopic (exact) mass is 530 g/mol. The third-order valence-electron chi connectivity index (χ3n) is 6.78. The molecular formula is C25H50O2SiSn. The van der Waals surface area contributed by atoms with Gasteiger partial charge in [0.1, 0.15) is 0 Å². The van der Waals surface area contributed by atoms with E-state index in [0.29, 0.717) is 13.0 Å². The third-order valence-corrected chi connectivity index (χ3v) is 26.9. The standard InChI is InChI=1S/C13H23O2Si.3C4H9.Sn/c1-13(2,3)16(4,5)12-8-11-15-10-7-6-9-14;3*1-3-4-2;/h9,11H,6-7,10H2,1-5H3;3*1,3-4H2,2H3;. The van der Waals surface area contributed by atoms with Crippen molar-refractivity contribution in [1.29, 1.82) is 0 Å². The van der Waals surface area contributed by atoms with Crippen LogP contribution in [0.2, 0.25) is 31.4 Å². The Morgan fingerprint density at radius 3 is 1.79 bits per heavy atom. The van der Waals surface area contributed by atoms with Gasteiger partial charge in [-0.15, -0.1) is 0 Å². The maximum absolute atomic E-state index is 10.8. The van der Waals surface area contributed by atoms with E-state index >= 15 is 0 Å². The van der Waals surface area contributed by atoms with Gasteiger partial charge in [-0.2, -0.15) is 0 Å². The predicted octanol–water partition coefficient (Wildman–Crippen LogP) is 7.79. The molecule has 0 radical (unpaired) electrons. The zero-order chi connectivity index (χ0) is 22.4. The zero-order valence-electron chi connectivity index (χ0n) is 21.0. The van der Waals surface area contributed by atoms with Gasteiger partial charge in [-0.05, 0) is 0 Å². The Bertz CT molecular complexity index is 477. The van der Waals surface area contributed by atoms with Crippen LogP contribution in [0.4, 0.5) is 0 Å². The summed E-state index contributed by atoms with van der Waals surface area (Å²) in [5, 5.41) is 0.274. The summed E-state index contributed by atoms with van der Waals surface area (Å²) in [6.07, 6.45) is 10.3. The number of hydrogen-bond acceptors (Lipinski definition) is 2. The Labute approximate surface area is 188 Å². The molecule has 2 nitrogen and oxygen atoms in total. The van der Waals surface area contributed by atoms with Crippen molar-refractivity contribution >= 4 is 32.7 Å². The van der Waals surface area contributed by atoms with Gasteiger partial charge in [0.15, 0.2) is 0 Å². The molecule has 1 atom stereocenters. The molecule has 0 saturated heterocycles. The summed E-state index contributed by atoms with van der Waals surface area (Å²) >= 11 is -2.60. The van der Waals surface area contributed by atoms with Gasteiger partial charge < -0.3 is 0 Å². The van der Waals surface area contributed by atoms with Gasteiger partial charge in [-0.1, -0.05) is 0 Å². The average molecular weight is 529 g/mol. The molecule has 29 heavy (non-hydrogen) atoms. The molecule has 1 unspecified atom stereocenters. The van der Waals surface area contributed by atoms with Crippen molar-refractivity contribution < 1.29 is 9.53 Å². The van der Waals surface area contributed by atoms with Gasteiger partial charge in [0.2, 0.25) is 0 Å². The van der Waals surface area contributed by atoms with Crippen molar-refractivity contribution in [2.45, 2.75) is 128 Å². The van der Waals surface area contributed by atoms with Crippen molar-refractivity contribution in [2.75, 3.05) is 6.61 Å². The molecule has 0 spiro atoms. The summed E-state index contributed by atoms with van der Waals surface area (Å²) in [6.45, 7) is 19.5. The first-order valence-corrected chi connectivity index (χ1v) is 22.9. The van der Waals surface area contributed by atoms with Crippen LogP contribution in [-0.4, -0.2) is 43.5 Å². The summed E-state index contributed by atoms with van der Waals surface area (Å²) in [7, 11) is -1.66. The minimum atomic E-state index is -2.60. The molecule has 170 valence electrons. The van der Waals surface area contributed by atoms with E-state index in [9.17, 15) is 4.79 Å². The van der Waals surface area contributed by atoms with Gasteiger partial charge in [0.05, 0.1) is 0 Å². The van der Waals surface area contributed by atoms with E-state index in [1.807, 2.05) is 0 Å². The van der Waals surface area contributed by atoms with E-state index in [2.05, 4.69) is 66.1 Å². The summed E-state index contributed by atoms with van der Waals surface area (Å²) in [6, 6.07) is 0. The van der Waals surface area contributed by atoms with Crippen molar-refractivity contribution in [3.63, 3.8) is 0 Å². The second-order valence-corrected chi connectivity index (χ2v) is 28.9. The van der Waals surface area contributed by atoms with Crippen LogP contribution < -0.4 is 0 Å². The number of hydrogen-bond donors (Lipinski definition) is 0. The Hall–Kier alpha value is 0.206. The number of carbonyl (C=O) groups is 1. The van der Waals surface area contributed by atoms with Crippen LogP contribution in [0.5, 0.6) is 0 Å². The molecule has 0 aromatic rings. The number of ether oxygens (including phenoxy) is 1. The Morgan fingerprint density at radius 2 is 1.41 bits per heavy atom. The van der Waals surface area contributed by atoms with Gasteiger partial charge in [0, 0.05) is 0 Å². The number of unbranched alkanes of at least 4 members (excludes halogenated alkanes) is 4. The first kappa shape index (κ1) is 29.2. The molecule has 0 heterocycles. The molecule has 0 saturated carbocycles. The fraction of sp³-hybridized carbons (Fsp3) is 0.880. The second kappa shape index (κ2) is 15.1. The van der Waals surface area contributed by atoms with Crippen LogP contribution in [0.25, 0.3) is 0 Å². The molecule has 0 amide bonds. The number of rotatable bonds is 15. The van der Waals surface area contributed by atoms with Crippen molar-refractivity contribution in [3.8, 4) is 11.5 Å². The van der Waals surface area contributed by atoms with Crippen LogP contribution in [0, 0.1) is 11.5 Å². The minimum absolute atomic E-state index is 0.203. The number of aldehydes is 1. The van der Waals surface area contributed by atoms with Crippen molar-refractivity contribution in [2.24, 2.45) is 0 Å². The SMILES string of the molecule is CCC[CH2][Sn]([CH2]CCC)([CH2]CCC)[CH](C#C[Si](C)(C)C(C)(C)C)OCCCC=O. The van der Waals surface area contributed by atoms with Crippen LogP contribution in [-0.2, 0) is 9.53 Å². The summed E-state index contributed by atoms with van der Waals surface area (Å²) in [4.78, 5) is 10.8. The van der Waals surface area contributed by atoms with Gasteiger partial charge >= 0.3 is 189 Å². The van der Waals surface area contributed by atoms with Gasteiger partial charge in [-0.25, -0.2) is 0 Å². The van der Waals surface area contributed by atoms with E-state index in [4.69, 9.17) is 4.74 Å². The first-order valence-electron chi connectivity index (χ1n) is 12.2. The zero-order valence-corrected chi connectivity index (χ0v) is 24.8. The first-order chi connectivity index (χ1) is 13.6. The number of carbonyl (C=O) groups excluding carboxylic acids is 1. The molecule has 4 heteroatoms. The molecule has 0 aliphatic rings. The molecule has 0 aromatic heterocycles. The molecule has 0 rings (SSSR count). The van der Waals surface area contributed by atoms with Crippen LogP contribution in [0.1, 0.15) is 92.9 Å². The molecular weight excluding hydrogens is 479 g/mol. The Kier molecular flexibility index (Phi) is 15.2. The van der Waals surface area contributed by atoms with E-state index in [-0.39, 0.29) is 9.16 Å². The summed E-state index contributed by atoms with van der Waals surface area (Å²) in [5.74, 6) is 3.81. The fourth-order valence-corrected chi connectivity index (χ4v) is 20.7. The molecule has 0 aromatic carbocycles. The summed E-state index contributed by atoms with van der Waals surface area (Å²) < 4.78 is 11.0. The van der Waals surface area contributed by atoms with E-state index in [0.717, 1.165) is 12.7 Å². The van der Waals surface area contributed by atoms with Crippen molar-refractivity contribution in [3.05, 3.63) is 0 Å². The van der Waals surface area contributed by atoms with E-state index in [1.165, 1.54) is 51.8 Å². The Balaban J connectivity index is 5.98. The van der Waals surface area contributed by atoms with Crippen molar-refractivity contribution in [1.82, 2.24) is 0 Å². The normalized spacial score (nSPS) is 13.7. The third kappa shape index (κ3) is 10.9. The van der Waals surface area contributed by atoms with Gasteiger partial charge in [-0.3, -0.25) is 0 Å². The van der Waals surface area contributed by atoms with E-state index in [1.54, 1.807) is 0 Å². The second-order valence-electron chi connectivity index (χ2n) is 10.4. The molecule has 0 aliphatic heterocycles. The van der Waals surface area contributed by atoms with Gasteiger partial charge in [0.25, 0.3) is 0 Å². The average Bonchev–Trinajstić information content (AvgIpc) is 2.66. The molecule has 0 bridgehead atoms. The van der Waals surface area contributed by atoms with Crippen LogP contribution in [0.3, 0.4) is 0 Å².